The van der Waals surface area contributed by atoms with Crippen molar-refractivity contribution in [1.29, 1.82) is 0 Å². The average Bonchev–Trinajstić information content (AvgIpc) is 3.10. The van der Waals surface area contributed by atoms with E-state index in [4.69, 9.17) is 0 Å². The van der Waals surface area contributed by atoms with Crippen LogP contribution >= 0.6 is 0 Å². The number of fused-ring (bicyclic) bond motifs is 1. The zero-order valence-electron chi connectivity index (χ0n) is 16.8. The Labute approximate surface area is 169 Å². The number of hydrogen-bond donors (Lipinski definition) is 1. The van der Waals surface area contributed by atoms with E-state index in [1.807, 2.05) is 29.0 Å². The van der Waals surface area contributed by atoms with Gasteiger partial charge < -0.3 is 5.32 Å². The summed E-state index contributed by atoms with van der Waals surface area (Å²) in [5.41, 5.74) is 1.62. The van der Waals surface area contributed by atoms with Crippen LogP contribution in [0.5, 0.6) is 0 Å². The van der Waals surface area contributed by atoms with Crippen LogP contribution in [0.1, 0.15) is 38.3 Å². The van der Waals surface area contributed by atoms with Gasteiger partial charge in [-0.2, -0.15) is 5.10 Å². The van der Waals surface area contributed by atoms with Crippen molar-refractivity contribution < 1.29 is 4.79 Å². The van der Waals surface area contributed by atoms with E-state index in [1.165, 1.54) is 17.2 Å². The molecule has 1 unspecified atom stereocenters. The predicted molar refractivity (Wildman–Crippen MR) is 112 cm³/mol. The monoisotopic (exact) mass is 394 g/mol. The van der Waals surface area contributed by atoms with Crippen molar-refractivity contribution in [1.82, 2.24) is 14.5 Å². The molecule has 0 spiro atoms. The molecular formula is C21H26N6O2. The highest BCUT2D eigenvalue weighted by molar-refractivity contribution is 5.76. The molecule has 2 aromatic heterocycles. The number of rotatable bonds is 4. The third-order valence-electron chi connectivity index (χ3n) is 5.61. The lowest BCUT2D eigenvalue weighted by molar-refractivity contribution is -0.118. The highest BCUT2D eigenvalue weighted by atomic mass is 16.2. The Morgan fingerprint density at radius 2 is 2.21 bits per heavy atom. The van der Waals surface area contributed by atoms with E-state index in [9.17, 15) is 9.59 Å². The number of amides is 1. The second-order valence-corrected chi connectivity index (χ2v) is 7.61. The number of anilines is 1. The first-order chi connectivity index (χ1) is 14.0. The molecule has 29 heavy (non-hydrogen) atoms. The third kappa shape index (κ3) is 4.16. The Hall–Kier alpha value is -3.16. The molecule has 1 N–H and O–H groups in total. The Balaban J connectivity index is 1.53. The molecule has 0 aromatic carbocycles. The Morgan fingerprint density at radius 1 is 1.34 bits per heavy atom. The maximum Gasteiger partial charge on any atom is 0.268 e. The minimum absolute atomic E-state index is 0.172. The van der Waals surface area contributed by atoms with Crippen LogP contribution in [0.4, 0.5) is 5.82 Å². The minimum Gasteiger partial charge on any atom is -0.351 e. The van der Waals surface area contributed by atoms with E-state index in [0.717, 1.165) is 42.3 Å². The van der Waals surface area contributed by atoms with E-state index < -0.39 is 5.91 Å². The van der Waals surface area contributed by atoms with E-state index in [2.05, 4.69) is 28.4 Å². The summed E-state index contributed by atoms with van der Waals surface area (Å²) in [6.45, 7) is 2.73. The maximum atomic E-state index is 12.4. The van der Waals surface area contributed by atoms with E-state index in [1.54, 1.807) is 12.1 Å². The summed E-state index contributed by atoms with van der Waals surface area (Å²) in [5, 5.41) is 10.2. The second kappa shape index (κ2) is 8.06. The zero-order valence-corrected chi connectivity index (χ0v) is 16.8. The van der Waals surface area contributed by atoms with Gasteiger partial charge in [-0.3, -0.25) is 14.6 Å². The average molecular weight is 394 g/mol. The van der Waals surface area contributed by atoms with E-state index in [-0.39, 0.29) is 12.1 Å². The quantitative estimate of drug-likeness (QED) is 0.854. The summed E-state index contributed by atoms with van der Waals surface area (Å²) in [5.74, 6) is 1.19. The topological polar surface area (TPSA) is 84.5 Å². The smallest absolute Gasteiger partial charge is 0.268 e. The van der Waals surface area contributed by atoms with Gasteiger partial charge in [-0.05, 0) is 42.9 Å². The van der Waals surface area contributed by atoms with Crippen molar-refractivity contribution in [2.24, 2.45) is 10.9 Å². The van der Waals surface area contributed by atoms with Crippen LogP contribution in [0, 0.1) is 5.92 Å². The molecule has 0 radical (unpaired) electrons. The number of hydrogen-bond acceptors (Lipinski definition) is 5. The summed E-state index contributed by atoms with van der Waals surface area (Å²) in [6, 6.07) is 6.81. The van der Waals surface area contributed by atoms with Gasteiger partial charge in [0.1, 0.15) is 19.0 Å². The van der Waals surface area contributed by atoms with Crippen LogP contribution in [-0.4, -0.2) is 34.1 Å². The molecule has 3 heterocycles. The molecule has 152 valence electrons. The molecule has 4 rings (SSSR count). The first kappa shape index (κ1) is 19.2. The SMILES string of the molecule is CCC1CC=C(c2ccc(=O)n(CC(=O)N=c3ccn4c(c3)NCN4C)n2)CC1. The Kier molecular flexibility index (Phi) is 5.33. The Bertz CT molecular complexity index is 1080. The third-order valence-corrected chi connectivity index (χ3v) is 5.61. The number of carbonyl (C=O) groups is 1. The fraction of sp³-hybridized carbons (Fsp3) is 0.429. The van der Waals surface area contributed by atoms with Crippen molar-refractivity contribution in [3.63, 3.8) is 0 Å². The lowest BCUT2D eigenvalue weighted by Gasteiger charge is -2.20. The summed E-state index contributed by atoms with van der Waals surface area (Å²) in [7, 11) is 1.96. The largest absolute Gasteiger partial charge is 0.351 e. The molecule has 1 amide bonds. The molecule has 0 bridgehead atoms. The van der Waals surface area contributed by atoms with Crippen molar-refractivity contribution in [2.45, 2.75) is 39.2 Å². The van der Waals surface area contributed by atoms with Crippen molar-refractivity contribution in [3.8, 4) is 0 Å². The van der Waals surface area contributed by atoms with Gasteiger partial charge in [-0.25, -0.2) is 14.4 Å². The summed E-state index contributed by atoms with van der Waals surface area (Å²) in [6.07, 6.45) is 8.38. The van der Waals surface area contributed by atoms with Crippen molar-refractivity contribution >= 4 is 17.3 Å². The standard InChI is InChI=1S/C21H26N6O2/c1-3-15-4-6-16(7-5-15)18-8-9-21(29)26(24-18)13-20(28)23-17-10-11-27-19(12-17)22-14-25(27)2/h6,8-12,15,22H,3-5,7,13-14H2,1-2H3. The number of nitrogens with zero attached hydrogens (tertiary/aromatic N) is 5. The van der Waals surface area contributed by atoms with Crippen LogP contribution in [0.15, 0.2) is 46.3 Å². The first-order valence-corrected chi connectivity index (χ1v) is 10.1. The second-order valence-electron chi connectivity index (χ2n) is 7.61. The van der Waals surface area contributed by atoms with Gasteiger partial charge in [0.2, 0.25) is 0 Å². The van der Waals surface area contributed by atoms with Crippen LogP contribution < -0.4 is 21.2 Å². The van der Waals surface area contributed by atoms with Crippen LogP contribution in [0.2, 0.25) is 0 Å². The van der Waals surface area contributed by atoms with E-state index >= 15 is 0 Å². The minimum atomic E-state index is -0.406. The molecule has 1 atom stereocenters. The fourth-order valence-corrected chi connectivity index (χ4v) is 3.79. The van der Waals surface area contributed by atoms with Gasteiger partial charge in [0.25, 0.3) is 11.5 Å². The number of carbonyl (C=O) groups excluding carboxylic acids is 1. The maximum absolute atomic E-state index is 12.4. The number of nitrogens with one attached hydrogen (secondary N) is 1. The van der Waals surface area contributed by atoms with Gasteiger partial charge in [0.15, 0.2) is 0 Å². The first-order valence-electron chi connectivity index (χ1n) is 10.1. The summed E-state index contributed by atoms with van der Waals surface area (Å²) in [4.78, 5) is 28.8. The van der Waals surface area contributed by atoms with Gasteiger partial charge in [-0.15, -0.1) is 0 Å². The lowest BCUT2D eigenvalue weighted by Crippen LogP contribution is -2.27. The lowest BCUT2D eigenvalue weighted by atomic mass is 9.87. The fourth-order valence-electron chi connectivity index (χ4n) is 3.79. The molecule has 8 heteroatoms. The molecule has 0 fully saturated rings. The molecule has 2 aliphatic rings. The normalized spacial score (nSPS) is 19.0. The highest BCUT2D eigenvalue weighted by Crippen LogP contribution is 2.30. The summed E-state index contributed by atoms with van der Waals surface area (Å²) < 4.78 is 3.15. The molecule has 2 aromatic rings. The van der Waals surface area contributed by atoms with E-state index in [0.29, 0.717) is 12.0 Å². The van der Waals surface area contributed by atoms with Gasteiger partial charge in [0, 0.05) is 25.4 Å². The van der Waals surface area contributed by atoms with Crippen LogP contribution in [0.25, 0.3) is 5.57 Å². The molecular weight excluding hydrogens is 368 g/mol. The van der Waals surface area contributed by atoms with Crippen molar-refractivity contribution in [3.05, 3.63) is 57.9 Å². The predicted octanol–water partition coefficient (Wildman–Crippen LogP) is 1.72. The molecule has 0 saturated heterocycles. The highest BCUT2D eigenvalue weighted by Gasteiger charge is 2.16. The molecule has 8 nitrogen and oxygen atoms in total. The molecule has 0 saturated carbocycles. The molecule has 1 aliphatic heterocycles. The van der Waals surface area contributed by atoms with Crippen molar-refractivity contribution in [2.75, 3.05) is 24.0 Å². The molecule has 1 aliphatic carbocycles. The number of allylic oxidation sites excluding steroid dienone is 2. The number of aromatic nitrogens is 3. The summed E-state index contributed by atoms with van der Waals surface area (Å²) >= 11 is 0. The van der Waals surface area contributed by atoms with Crippen LogP contribution in [0.3, 0.4) is 0 Å². The Morgan fingerprint density at radius 3 is 2.97 bits per heavy atom. The zero-order chi connectivity index (χ0) is 20.4. The van der Waals surface area contributed by atoms with Crippen LogP contribution in [-0.2, 0) is 11.3 Å². The van der Waals surface area contributed by atoms with Gasteiger partial charge in [-0.1, -0.05) is 19.4 Å². The number of pyridine rings is 1. The van der Waals surface area contributed by atoms with Gasteiger partial charge in [0.05, 0.1) is 11.1 Å². The van der Waals surface area contributed by atoms with Gasteiger partial charge >= 0.3 is 0 Å².